The molecule has 1 aliphatic carbocycles. The van der Waals surface area contributed by atoms with Crippen molar-refractivity contribution in [3.63, 3.8) is 0 Å². The number of rotatable bonds is 5. The van der Waals surface area contributed by atoms with E-state index in [-0.39, 0.29) is 5.91 Å². The van der Waals surface area contributed by atoms with E-state index in [4.69, 9.17) is 5.11 Å². The first-order valence-corrected chi connectivity index (χ1v) is 4.65. The second-order valence-electron chi connectivity index (χ2n) is 3.95. The number of nitrogens with zero attached hydrogens (tertiary/aromatic N) is 1. The largest absolute Gasteiger partial charge is 0.480 e. The van der Waals surface area contributed by atoms with E-state index in [2.05, 4.69) is 5.32 Å². The summed E-state index contributed by atoms with van der Waals surface area (Å²) < 4.78 is 0. The minimum Gasteiger partial charge on any atom is -0.480 e. The molecule has 0 aromatic carbocycles. The van der Waals surface area contributed by atoms with Gasteiger partial charge in [-0.2, -0.15) is 0 Å². The Morgan fingerprint density at radius 1 is 1.43 bits per heavy atom. The SMILES string of the molecule is CN(C)CCNC(=O)C1(C(=O)O)CC1. The third-order valence-corrected chi connectivity index (χ3v) is 2.44. The molecule has 0 atom stereocenters. The van der Waals surface area contributed by atoms with E-state index in [1.165, 1.54) is 0 Å². The molecule has 0 aromatic heterocycles. The van der Waals surface area contributed by atoms with Crippen LogP contribution >= 0.6 is 0 Å². The van der Waals surface area contributed by atoms with Crippen molar-refractivity contribution in [3.8, 4) is 0 Å². The summed E-state index contributed by atoms with van der Waals surface area (Å²) >= 11 is 0. The smallest absolute Gasteiger partial charge is 0.319 e. The number of nitrogens with one attached hydrogen (secondary N) is 1. The maximum atomic E-state index is 11.4. The molecule has 80 valence electrons. The topological polar surface area (TPSA) is 69.6 Å². The quantitative estimate of drug-likeness (QED) is 0.589. The summed E-state index contributed by atoms with van der Waals surface area (Å²) in [5.41, 5.74) is -1.10. The van der Waals surface area contributed by atoms with E-state index >= 15 is 0 Å². The Morgan fingerprint density at radius 2 is 2.00 bits per heavy atom. The lowest BCUT2D eigenvalue weighted by molar-refractivity contribution is -0.149. The van der Waals surface area contributed by atoms with Crippen LogP contribution in [0, 0.1) is 5.41 Å². The van der Waals surface area contributed by atoms with E-state index in [0.717, 1.165) is 6.54 Å². The van der Waals surface area contributed by atoms with Crippen molar-refractivity contribution in [2.45, 2.75) is 12.8 Å². The highest BCUT2D eigenvalue weighted by Crippen LogP contribution is 2.45. The van der Waals surface area contributed by atoms with Gasteiger partial charge in [0.25, 0.3) is 0 Å². The van der Waals surface area contributed by atoms with Gasteiger partial charge in [0.1, 0.15) is 5.41 Å². The van der Waals surface area contributed by atoms with Crippen LogP contribution < -0.4 is 5.32 Å². The molecule has 2 N–H and O–H groups in total. The van der Waals surface area contributed by atoms with Crippen LogP contribution in [0.1, 0.15) is 12.8 Å². The Labute approximate surface area is 83.1 Å². The van der Waals surface area contributed by atoms with Crippen LogP contribution in [-0.4, -0.2) is 49.1 Å². The third kappa shape index (κ3) is 2.23. The minimum absolute atomic E-state index is 0.341. The van der Waals surface area contributed by atoms with Crippen LogP contribution in [0.25, 0.3) is 0 Å². The van der Waals surface area contributed by atoms with Gasteiger partial charge < -0.3 is 15.3 Å². The lowest BCUT2D eigenvalue weighted by atomic mass is 10.1. The molecule has 5 nitrogen and oxygen atoms in total. The molecule has 5 heteroatoms. The molecule has 0 heterocycles. The number of amides is 1. The second kappa shape index (κ2) is 3.96. The van der Waals surface area contributed by atoms with E-state index in [1.54, 1.807) is 0 Å². The Kier molecular flexibility index (Phi) is 3.10. The molecule has 1 amide bonds. The molecule has 0 radical (unpaired) electrons. The normalized spacial score (nSPS) is 17.9. The van der Waals surface area contributed by atoms with Crippen LogP contribution in [0.2, 0.25) is 0 Å². The van der Waals surface area contributed by atoms with Gasteiger partial charge in [0, 0.05) is 13.1 Å². The molecule has 0 bridgehead atoms. The Morgan fingerprint density at radius 3 is 2.36 bits per heavy atom. The highest BCUT2D eigenvalue weighted by atomic mass is 16.4. The van der Waals surface area contributed by atoms with E-state index < -0.39 is 11.4 Å². The minimum atomic E-state index is -1.10. The first-order valence-electron chi connectivity index (χ1n) is 4.65. The summed E-state index contributed by atoms with van der Waals surface area (Å²) in [5.74, 6) is -1.34. The number of carbonyl (C=O) groups excluding carboxylic acids is 1. The molecule has 0 unspecified atom stereocenters. The highest BCUT2D eigenvalue weighted by Gasteiger charge is 2.56. The van der Waals surface area contributed by atoms with E-state index in [0.29, 0.717) is 19.4 Å². The standard InChI is InChI=1S/C9H16N2O3/c1-11(2)6-5-10-7(12)9(3-4-9)8(13)14/h3-6H2,1-2H3,(H,10,12)(H,13,14). The number of hydrogen-bond donors (Lipinski definition) is 2. The van der Waals surface area contributed by atoms with Crippen LogP contribution in [0.15, 0.2) is 0 Å². The average Bonchev–Trinajstić information content (AvgIpc) is 2.82. The molecule has 0 aliphatic heterocycles. The number of carbonyl (C=O) groups is 2. The summed E-state index contributed by atoms with van der Waals surface area (Å²) in [4.78, 5) is 24.1. The summed E-state index contributed by atoms with van der Waals surface area (Å²) in [6.07, 6.45) is 0.937. The van der Waals surface area contributed by atoms with Crippen molar-refractivity contribution in [1.29, 1.82) is 0 Å². The van der Waals surface area contributed by atoms with E-state index in [9.17, 15) is 9.59 Å². The molecule has 0 aromatic rings. The first kappa shape index (κ1) is 11.0. The molecule has 0 spiro atoms. The summed E-state index contributed by atoms with van der Waals surface area (Å²) in [6, 6.07) is 0. The predicted molar refractivity (Wildman–Crippen MR) is 50.9 cm³/mol. The van der Waals surface area contributed by atoms with Gasteiger partial charge in [-0.1, -0.05) is 0 Å². The molecule has 1 saturated carbocycles. The predicted octanol–water partition coefficient (Wildman–Crippen LogP) is -0.471. The summed E-state index contributed by atoms with van der Waals surface area (Å²) in [6.45, 7) is 1.22. The number of carboxylic acids is 1. The van der Waals surface area contributed by atoms with Crippen molar-refractivity contribution in [1.82, 2.24) is 10.2 Å². The van der Waals surface area contributed by atoms with Gasteiger partial charge in [0.15, 0.2) is 0 Å². The van der Waals surface area contributed by atoms with Crippen molar-refractivity contribution >= 4 is 11.9 Å². The average molecular weight is 200 g/mol. The second-order valence-corrected chi connectivity index (χ2v) is 3.95. The molecular formula is C9H16N2O3. The van der Waals surface area contributed by atoms with Gasteiger partial charge in [-0.25, -0.2) is 0 Å². The monoisotopic (exact) mass is 200 g/mol. The molecule has 1 aliphatic rings. The summed E-state index contributed by atoms with van der Waals surface area (Å²) in [5, 5.41) is 11.4. The maximum Gasteiger partial charge on any atom is 0.319 e. The van der Waals surface area contributed by atoms with Gasteiger partial charge >= 0.3 is 5.97 Å². The maximum absolute atomic E-state index is 11.4. The fourth-order valence-electron chi connectivity index (χ4n) is 1.23. The van der Waals surface area contributed by atoms with Gasteiger partial charge in [0.2, 0.25) is 5.91 Å². The van der Waals surface area contributed by atoms with Gasteiger partial charge in [-0.3, -0.25) is 9.59 Å². The third-order valence-electron chi connectivity index (χ3n) is 2.44. The Bertz CT molecular complexity index is 246. The van der Waals surface area contributed by atoms with Crippen LogP contribution in [0.3, 0.4) is 0 Å². The van der Waals surface area contributed by atoms with Gasteiger partial charge in [-0.15, -0.1) is 0 Å². The number of likely N-dealkylation sites (N-methyl/N-ethyl adjacent to an activating group) is 1. The van der Waals surface area contributed by atoms with Crippen LogP contribution in [-0.2, 0) is 9.59 Å². The van der Waals surface area contributed by atoms with Crippen LogP contribution in [0.4, 0.5) is 0 Å². The van der Waals surface area contributed by atoms with Crippen molar-refractivity contribution in [2.24, 2.45) is 5.41 Å². The van der Waals surface area contributed by atoms with Gasteiger partial charge in [-0.05, 0) is 26.9 Å². The zero-order chi connectivity index (χ0) is 10.8. The van der Waals surface area contributed by atoms with E-state index in [1.807, 2.05) is 19.0 Å². The fraction of sp³-hybridized carbons (Fsp3) is 0.778. The fourth-order valence-corrected chi connectivity index (χ4v) is 1.23. The van der Waals surface area contributed by atoms with Crippen molar-refractivity contribution < 1.29 is 14.7 Å². The molecule has 1 fully saturated rings. The lowest BCUT2D eigenvalue weighted by Crippen LogP contribution is -2.39. The number of carboxylic acid groups (broad SMARTS) is 1. The summed E-state index contributed by atoms with van der Waals surface area (Å²) in [7, 11) is 3.80. The van der Waals surface area contributed by atoms with Gasteiger partial charge in [0.05, 0.1) is 0 Å². The zero-order valence-electron chi connectivity index (χ0n) is 8.54. The lowest BCUT2D eigenvalue weighted by Gasteiger charge is -2.13. The molecule has 14 heavy (non-hydrogen) atoms. The molecule has 1 rings (SSSR count). The molecule has 0 saturated heterocycles. The van der Waals surface area contributed by atoms with Crippen molar-refractivity contribution in [3.05, 3.63) is 0 Å². The number of aliphatic carboxylic acids is 1. The zero-order valence-corrected chi connectivity index (χ0v) is 8.54. The Hall–Kier alpha value is -1.10. The van der Waals surface area contributed by atoms with Crippen molar-refractivity contribution in [2.75, 3.05) is 27.2 Å². The number of hydrogen-bond acceptors (Lipinski definition) is 3. The highest BCUT2D eigenvalue weighted by molar-refractivity contribution is 6.04. The Balaban J connectivity index is 2.32. The van der Waals surface area contributed by atoms with Crippen LogP contribution in [0.5, 0.6) is 0 Å². The molecular weight excluding hydrogens is 184 g/mol. The first-order chi connectivity index (χ1) is 6.49.